The molecule has 1 atom stereocenters. The van der Waals surface area contributed by atoms with Gasteiger partial charge in [-0.2, -0.15) is 0 Å². The molecule has 1 fully saturated rings. The number of amides is 1. The number of imidazole rings is 1. The lowest BCUT2D eigenvalue weighted by Gasteiger charge is -2.18. The van der Waals surface area contributed by atoms with Gasteiger partial charge in [0.1, 0.15) is 5.82 Å². The van der Waals surface area contributed by atoms with Crippen molar-refractivity contribution < 1.29 is 4.79 Å². The Labute approximate surface area is 154 Å². The van der Waals surface area contributed by atoms with Gasteiger partial charge >= 0.3 is 0 Å². The summed E-state index contributed by atoms with van der Waals surface area (Å²) in [6.45, 7) is 6.80. The monoisotopic (exact) mass is 347 g/mol. The average molecular weight is 347 g/mol. The van der Waals surface area contributed by atoms with Gasteiger partial charge in [-0.1, -0.05) is 56.3 Å². The molecule has 0 N–H and O–H groups in total. The number of carbonyl (C=O) groups excluding carboxylic acids is 1. The van der Waals surface area contributed by atoms with Crippen molar-refractivity contribution >= 4 is 16.9 Å². The molecule has 1 saturated heterocycles. The van der Waals surface area contributed by atoms with Gasteiger partial charge in [-0.05, 0) is 23.6 Å². The third-order valence-corrected chi connectivity index (χ3v) is 5.03. The Bertz CT molecular complexity index is 914. The van der Waals surface area contributed by atoms with Gasteiger partial charge in [0.15, 0.2) is 0 Å². The first kappa shape index (κ1) is 16.8. The lowest BCUT2D eigenvalue weighted by atomic mass is 10.1. The van der Waals surface area contributed by atoms with E-state index in [1.807, 2.05) is 29.2 Å². The number of likely N-dealkylation sites (tertiary alicyclic amines) is 1. The second-order valence-corrected chi connectivity index (χ2v) is 7.62. The van der Waals surface area contributed by atoms with Crippen LogP contribution in [0.1, 0.15) is 37.6 Å². The highest BCUT2D eigenvalue weighted by atomic mass is 16.2. The van der Waals surface area contributed by atoms with Crippen LogP contribution in [0.25, 0.3) is 11.0 Å². The average Bonchev–Trinajstić information content (AvgIpc) is 3.17. The maximum atomic E-state index is 12.6. The van der Waals surface area contributed by atoms with Crippen molar-refractivity contribution in [1.82, 2.24) is 14.5 Å². The maximum absolute atomic E-state index is 12.6. The summed E-state index contributed by atoms with van der Waals surface area (Å²) in [6.07, 6.45) is 0.550. The number of nitrogens with zero attached hydrogens (tertiary/aromatic N) is 3. The molecule has 2 aromatic carbocycles. The van der Waals surface area contributed by atoms with Crippen LogP contribution in [0.15, 0.2) is 54.6 Å². The summed E-state index contributed by atoms with van der Waals surface area (Å²) in [7, 11) is 0. The number of hydrogen-bond acceptors (Lipinski definition) is 2. The van der Waals surface area contributed by atoms with Gasteiger partial charge in [0.25, 0.3) is 0 Å². The fourth-order valence-corrected chi connectivity index (χ4v) is 3.86. The summed E-state index contributed by atoms with van der Waals surface area (Å²) in [4.78, 5) is 19.5. The number of hydrogen-bond donors (Lipinski definition) is 0. The second-order valence-electron chi connectivity index (χ2n) is 7.62. The summed E-state index contributed by atoms with van der Waals surface area (Å²) < 4.78 is 2.32. The molecule has 0 aliphatic carbocycles. The Morgan fingerprint density at radius 3 is 2.58 bits per heavy atom. The molecule has 3 aromatic rings. The number of benzene rings is 2. The van der Waals surface area contributed by atoms with Gasteiger partial charge < -0.3 is 9.47 Å². The minimum Gasteiger partial charge on any atom is -0.338 e. The number of fused-ring (bicyclic) bond motifs is 1. The molecule has 134 valence electrons. The summed E-state index contributed by atoms with van der Waals surface area (Å²) in [5.41, 5.74) is 3.37. The molecule has 0 saturated carbocycles. The number of rotatable bonds is 5. The fraction of sp³-hybridized carbons (Fsp3) is 0.364. The van der Waals surface area contributed by atoms with E-state index in [1.54, 1.807) is 0 Å². The first-order valence-corrected chi connectivity index (χ1v) is 9.38. The molecule has 1 aromatic heterocycles. The largest absolute Gasteiger partial charge is 0.338 e. The van der Waals surface area contributed by atoms with Crippen LogP contribution in [-0.4, -0.2) is 26.9 Å². The third kappa shape index (κ3) is 3.24. The van der Waals surface area contributed by atoms with E-state index >= 15 is 0 Å². The highest BCUT2D eigenvalue weighted by molar-refractivity contribution is 5.81. The Morgan fingerprint density at radius 1 is 1.08 bits per heavy atom. The first-order valence-electron chi connectivity index (χ1n) is 9.38. The number of aromatic nitrogens is 2. The lowest BCUT2D eigenvalue weighted by Crippen LogP contribution is -2.24. The molecule has 4 heteroatoms. The summed E-state index contributed by atoms with van der Waals surface area (Å²) >= 11 is 0. The highest BCUT2D eigenvalue weighted by Gasteiger charge is 2.34. The molecule has 2 heterocycles. The topological polar surface area (TPSA) is 38.1 Å². The molecule has 1 aliphatic heterocycles. The van der Waals surface area contributed by atoms with Gasteiger partial charge in [-0.25, -0.2) is 4.98 Å². The molecule has 1 amide bonds. The molecule has 4 nitrogen and oxygen atoms in total. The van der Waals surface area contributed by atoms with Gasteiger partial charge in [0, 0.05) is 32.0 Å². The van der Waals surface area contributed by atoms with Crippen molar-refractivity contribution in [3.63, 3.8) is 0 Å². The van der Waals surface area contributed by atoms with Gasteiger partial charge in [-0.3, -0.25) is 4.79 Å². The van der Waals surface area contributed by atoms with Crippen molar-refractivity contribution in [2.45, 2.75) is 39.3 Å². The molecule has 4 rings (SSSR count). The Balaban J connectivity index is 1.62. The van der Waals surface area contributed by atoms with Crippen molar-refractivity contribution in [3.8, 4) is 0 Å². The van der Waals surface area contributed by atoms with Gasteiger partial charge in [-0.15, -0.1) is 0 Å². The zero-order valence-electron chi connectivity index (χ0n) is 15.4. The van der Waals surface area contributed by atoms with E-state index in [-0.39, 0.29) is 11.8 Å². The van der Waals surface area contributed by atoms with E-state index in [4.69, 9.17) is 4.98 Å². The Kier molecular flexibility index (Phi) is 4.49. The van der Waals surface area contributed by atoms with E-state index in [2.05, 4.69) is 48.7 Å². The maximum Gasteiger partial charge on any atom is 0.223 e. The quantitative estimate of drug-likeness (QED) is 0.693. The van der Waals surface area contributed by atoms with Crippen molar-refractivity contribution in [1.29, 1.82) is 0 Å². The third-order valence-electron chi connectivity index (χ3n) is 5.03. The predicted octanol–water partition coefficient (Wildman–Crippen LogP) is 4.21. The van der Waals surface area contributed by atoms with Crippen molar-refractivity contribution in [2.75, 3.05) is 6.54 Å². The summed E-state index contributed by atoms with van der Waals surface area (Å²) in [5.74, 6) is 1.98. The van der Waals surface area contributed by atoms with Crippen molar-refractivity contribution in [3.05, 3.63) is 66.0 Å². The molecule has 0 spiro atoms. The molecule has 1 unspecified atom stereocenters. The second kappa shape index (κ2) is 6.94. The van der Waals surface area contributed by atoms with Crippen LogP contribution in [0, 0.1) is 5.92 Å². The number of carbonyl (C=O) groups is 1. The minimum atomic E-state index is 0.164. The highest BCUT2D eigenvalue weighted by Crippen LogP contribution is 2.31. The van der Waals surface area contributed by atoms with Crippen LogP contribution in [0.5, 0.6) is 0 Å². The van der Waals surface area contributed by atoms with Crippen LogP contribution < -0.4 is 0 Å². The minimum absolute atomic E-state index is 0.164. The first-order chi connectivity index (χ1) is 12.6. The van der Waals surface area contributed by atoms with Crippen molar-refractivity contribution in [2.24, 2.45) is 5.92 Å². The van der Waals surface area contributed by atoms with Crippen LogP contribution in [0.3, 0.4) is 0 Å². The molecule has 1 aliphatic rings. The molecule has 0 radical (unpaired) electrons. The predicted molar refractivity (Wildman–Crippen MR) is 104 cm³/mol. The molecule has 0 bridgehead atoms. The molecule has 26 heavy (non-hydrogen) atoms. The SMILES string of the molecule is CC(C)Cn1c(C2CC(=O)N(Cc3ccccc3)C2)nc2ccccc21. The fourth-order valence-electron chi connectivity index (χ4n) is 3.86. The van der Waals surface area contributed by atoms with Crippen LogP contribution >= 0.6 is 0 Å². The molecular weight excluding hydrogens is 322 g/mol. The normalized spacial score (nSPS) is 17.6. The standard InChI is InChI=1S/C22H25N3O/c1-16(2)13-25-20-11-7-6-10-19(20)23-22(25)18-12-21(26)24(15-18)14-17-8-4-3-5-9-17/h3-11,16,18H,12-15H2,1-2H3. The Morgan fingerprint density at radius 2 is 1.81 bits per heavy atom. The summed E-state index contributed by atoms with van der Waals surface area (Å²) in [6, 6.07) is 18.5. The zero-order chi connectivity index (χ0) is 18.1. The summed E-state index contributed by atoms with van der Waals surface area (Å²) in [5, 5.41) is 0. The lowest BCUT2D eigenvalue weighted by molar-refractivity contribution is -0.128. The van der Waals surface area contributed by atoms with E-state index in [9.17, 15) is 4.79 Å². The zero-order valence-corrected chi connectivity index (χ0v) is 15.4. The van der Waals surface area contributed by atoms with Crippen LogP contribution in [-0.2, 0) is 17.9 Å². The van der Waals surface area contributed by atoms with Gasteiger partial charge in [0.2, 0.25) is 5.91 Å². The number of para-hydroxylation sites is 2. The Hall–Kier alpha value is -2.62. The van der Waals surface area contributed by atoms with E-state index < -0.39 is 0 Å². The van der Waals surface area contributed by atoms with Gasteiger partial charge in [0.05, 0.1) is 11.0 Å². The smallest absolute Gasteiger partial charge is 0.223 e. The van der Waals surface area contributed by atoms with E-state index in [0.717, 1.165) is 24.4 Å². The van der Waals surface area contributed by atoms with E-state index in [0.29, 0.717) is 18.9 Å². The molecular formula is C22H25N3O. The van der Waals surface area contributed by atoms with E-state index in [1.165, 1.54) is 11.1 Å². The van der Waals surface area contributed by atoms with Crippen LogP contribution in [0.4, 0.5) is 0 Å². The van der Waals surface area contributed by atoms with Crippen LogP contribution in [0.2, 0.25) is 0 Å².